The summed E-state index contributed by atoms with van der Waals surface area (Å²) in [4.78, 5) is 4.61. The van der Waals surface area contributed by atoms with Crippen molar-refractivity contribution in [1.82, 2.24) is 5.32 Å². The maximum atomic E-state index is 5.70. The van der Waals surface area contributed by atoms with Gasteiger partial charge in [-0.15, -0.1) is 0 Å². The minimum absolute atomic E-state index is 0.377. The molecule has 2 rings (SSSR count). The molecule has 0 radical (unpaired) electrons. The molecule has 0 aliphatic carbocycles. The maximum absolute atomic E-state index is 5.70. The fourth-order valence-electron chi connectivity index (χ4n) is 2.13. The van der Waals surface area contributed by atoms with Gasteiger partial charge in [-0.1, -0.05) is 6.08 Å². The monoisotopic (exact) mass is 247 g/mol. The number of nitrogens with one attached hydrogen (secondary N) is 1. The molecule has 0 aromatic rings. The number of hydrogen-bond acceptors (Lipinski definition) is 4. The van der Waals surface area contributed by atoms with Crippen molar-refractivity contribution in [2.24, 2.45) is 10.7 Å². The van der Waals surface area contributed by atoms with Crippen molar-refractivity contribution in [3.05, 3.63) is 35.2 Å². The van der Waals surface area contributed by atoms with Gasteiger partial charge < -0.3 is 15.8 Å². The quantitative estimate of drug-likeness (QED) is 0.743. The van der Waals surface area contributed by atoms with Gasteiger partial charge >= 0.3 is 0 Å². The summed E-state index contributed by atoms with van der Waals surface area (Å²) in [5.41, 5.74) is 9.09. The molecule has 2 heterocycles. The molecule has 0 aromatic heterocycles. The van der Waals surface area contributed by atoms with Crippen LogP contribution in [0, 0.1) is 0 Å². The van der Waals surface area contributed by atoms with E-state index in [4.69, 9.17) is 10.5 Å². The normalized spacial score (nSPS) is 22.6. The Morgan fingerprint density at radius 1 is 1.50 bits per heavy atom. The van der Waals surface area contributed by atoms with Crippen LogP contribution in [-0.2, 0) is 4.74 Å². The molecule has 0 spiro atoms. The summed E-state index contributed by atoms with van der Waals surface area (Å²) < 4.78 is 5.32. The zero-order valence-electron chi connectivity index (χ0n) is 10.9. The van der Waals surface area contributed by atoms with E-state index in [9.17, 15) is 0 Å². The minimum Gasteiger partial charge on any atom is -0.404 e. The molecule has 4 nitrogen and oxygen atoms in total. The highest BCUT2D eigenvalue weighted by atomic mass is 16.5. The number of ether oxygens (including phenoxy) is 1. The molecule has 1 fully saturated rings. The Bertz CT molecular complexity index is 401. The Kier molecular flexibility index (Phi) is 4.59. The molecule has 18 heavy (non-hydrogen) atoms. The van der Waals surface area contributed by atoms with Gasteiger partial charge in [0.2, 0.25) is 0 Å². The lowest BCUT2D eigenvalue weighted by Gasteiger charge is -2.19. The summed E-state index contributed by atoms with van der Waals surface area (Å²) >= 11 is 0. The van der Waals surface area contributed by atoms with Crippen molar-refractivity contribution in [1.29, 1.82) is 0 Å². The van der Waals surface area contributed by atoms with Crippen molar-refractivity contribution in [3.63, 3.8) is 0 Å². The third kappa shape index (κ3) is 3.47. The van der Waals surface area contributed by atoms with Crippen LogP contribution in [0.3, 0.4) is 0 Å². The molecule has 1 saturated heterocycles. The van der Waals surface area contributed by atoms with Crippen LogP contribution in [0.5, 0.6) is 0 Å². The first-order valence-corrected chi connectivity index (χ1v) is 6.43. The van der Waals surface area contributed by atoms with Gasteiger partial charge in [-0.05, 0) is 37.1 Å². The van der Waals surface area contributed by atoms with Gasteiger partial charge in [0.25, 0.3) is 0 Å². The van der Waals surface area contributed by atoms with E-state index in [2.05, 4.69) is 23.3 Å². The first-order valence-electron chi connectivity index (χ1n) is 6.43. The Labute approximate surface area is 108 Å². The number of hydrogen-bond donors (Lipinski definition) is 2. The first kappa shape index (κ1) is 12.9. The van der Waals surface area contributed by atoms with Crippen LogP contribution < -0.4 is 11.1 Å². The van der Waals surface area contributed by atoms with Crippen molar-refractivity contribution >= 4 is 6.21 Å². The van der Waals surface area contributed by atoms with Gasteiger partial charge in [0.05, 0.1) is 6.04 Å². The maximum Gasteiger partial charge on any atom is 0.0543 e. The smallest absolute Gasteiger partial charge is 0.0543 e. The van der Waals surface area contributed by atoms with Gasteiger partial charge in [-0.3, -0.25) is 4.99 Å². The average molecular weight is 247 g/mol. The van der Waals surface area contributed by atoms with E-state index in [1.807, 2.05) is 12.4 Å². The van der Waals surface area contributed by atoms with Crippen LogP contribution in [-0.4, -0.2) is 32.0 Å². The van der Waals surface area contributed by atoms with E-state index < -0.39 is 0 Å². The first-order chi connectivity index (χ1) is 8.79. The van der Waals surface area contributed by atoms with Crippen LogP contribution in [0.2, 0.25) is 0 Å². The second kappa shape index (κ2) is 6.40. The summed E-state index contributed by atoms with van der Waals surface area (Å²) in [5.74, 6) is 0. The largest absolute Gasteiger partial charge is 0.404 e. The van der Waals surface area contributed by atoms with E-state index in [1.165, 1.54) is 11.1 Å². The number of rotatable bonds is 3. The average Bonchev–Trinajstić information content (AvgIpc) is 2.41. The van der Waals surface area contributed by atoms with Gasteiger partial charge in [0, 0.05) is 37.7 Å². The van der Waals surface area contributed by atoms with E-state index in [-0.39, 0.29) is 0 Å². The van der Waals surface area contributed by atoms with E-state index in [0.29, 0.717) is 6.04 Å². The zero-order valence-corrected chi connectivity index (χ0v) is 10.9. The standard InChI is InChI=1S/C14H21N3O/c1-11-6-12(9-16-8-11)13(7-15)10-17-14-2-4-18-5-3-14/h6-8,10,14,16H,2-5,9,15H2,1H3. The van der Waals surface area contributed by atoms with Crippen molar-refractivity contribution in [2.45, 2.75) is 25.8 Å². The fourth-order valence-corrected chi connectivity index (χ4v) is 2.13. The second-order valence-electron chi connectivity index (χ2n) is 4.68. The van der Waals surface area contributed by atoms with Crippen LogP contribution in [0.1, 0.15) is 19.8 Å². The van der Waals surface area contributed by atoms with Gasteiger partial charge in [-0.2, -0.15) is 0 Å². The fraction of sp³-hybridized carbons (Fsp3) is 0.500. The number of nitrogens with two attached hydrogens (primary N) is 1. The van der Waals surface area contributed by atoms with Crippen LogP contribution in [0.25, 0.3) is 0 Å². The third-order valence-corrected chi connectivity index (χ3v) is 3.19. The highest BCUT2D eigenvalue weighted by Gasteiger charge is 2.12. The van der Waals surface area contributed by atoms with Crippen molar-refractivity contribution in [2.75, 3.05) is 19.8 Å². The summed E-state index contributed by atoms with van der Waals surface area (Å²) in [7, 11) is 0. The summed E-state index contributed by atoms with van der Waals surface area (Å²) in [6.45, 7) is 4.50. The Morgan fingerprint density at radius 3 is 2.94 bits per heavy atom. The van der Waals surface area contributed by atoms with E-state index >= 15 is 0 Å². The van der Waals surface area contributed by atoms with Gasteiger partial charge in [0.15, 0.2) is 0 Å². The van der Waals surface area contributed by atoms with Crippen molar-refractivity contribution < 1.29 is 4.74 Å². The van der Waals surface area contributed by atoms with Gasteiger partial charge in [-0.25, -0.2) is 0 Å². The Hall–Kier alpha value is -1.55. The topological polar surface area (TPSA) is 59.6 Å². The van der Waals surface area contributed by atoms with Crippen molar-refractivity contribution in [3.8, 4) is 0 Å². The predicted molar refractivity (Wildman–Crippen MR) is 74.4 cm³/mol. The number of aliphatic imine (C=N–C) groups is 1. The predicted octanol–water partition coefficient (Wildman–Crippen LogP) is 1.51. The summed E-state index contributed by atoms with van der Waals surface area (Å²) in [6.07, 6.45) is 9.70. The number of dihydropyridines is 1. The second-order valence-corrected chi connectivity index (χ2v) is 4.68. The molecule has 0 unspecified atom stereocenters. The molecule has 0 aromatic carbocycles. The molecule has 2 aliphatic rings. The SMILES string of the molecule is CC1=CNCC(C(C=NC2CCOCC2)=CN)=C1. The lowest BCUT2D eigenvalue weighted by atomic mass is 10.0. The lowest BCUT2D eigenvalue weighted by Crippen LogP contribution is -2.20. The molecule has 4 heteroatoms. The minimum atomic E-state index is 0.377. The molecule has 2 aliphatic heterocycles. The number of allylic oxidation sites excluding steroid dienone is 2. The summed E-state index contributed by atoms with van der Waals surface area (Å²) in [6, 6.07) is 0.377. The molecule has 0 saturated carbocycles. The molecular weight excluding hydrogens is 226 g/mol. The summed E-state index contributed by atoms with van der Waals surface area (Å²) in [5, 5.41) is 3.23. The highest BCUT2D eigenvalue weighted by Crippen LogP contribution is 2.15. The zero-order chi connectivity index (χ0) is 12.8. The number of nitrogens with zero attached hydrogens (tertiary/aromatic N) is 1. The molecule has 0 atom stereocenters. The third-order valence-electron chi connectivity index (χ3n) is 3.19. The van der Waals surface area contributed by atoms with Gasteiger partial charge in [0.1, 0.15) is 0 Å². The van der Waals surface area contributed by atoms with Crippen LogP contribution in [0.4, 0.5) is 0 Å². The highest BCUT2D eigenvalue weighted by molar-refractivity contribution is 5.85. The van der Waals surface area contributed by atoms with Crippen LogP contribution >= 0.6 is 0 Å². The lowest BCUT2D eigenvalue weighted by molar-refractivity contribution is 0.0872. The molecule has 3 N–H and O–H groups in total. The molecular formula is C14H21N3O. The Balaban J connectivity index is 2.01. The molecule has 0 amide bonds. The Morgan fingerprint density at radius 2 is 2.28 bits per heavy atom. The van der Waals surface area contributed by atoms with E-state index in [1.54, 1.807) is 6.20 Å². The van der Waals surface area contributed by atoms with Crippen LogP contribution in [0.15, 0.2) is 40.2 Å². The molecule has 0 bridgehead atoms. The van der Waals surface area contributed by atoms with E-state index in [0.717, 1.165) is 38.2 Å². The molecule has 98 valence electrons.